The molecule has 0 unspecified atom stereocenters. The van der Waals surface area contributed by atoms with E-state index in [9.17, 15) is 8.78 Å². The van der Waals surface area contributed by atoms with Crippen LogP contribution in [-0.4, -0.2) is 14.2 Å². The summed E-state index contributed by atoms with van der Waals surface area (Å²) in [5.41, 5.74) is -0.0629. The molecule has 0 saturated heterocycles. The first-order valence-corrected chi connectivity index (χ1v) is 4.87. The molecule has 0 radical (unpaired) electrons. The summed E-state index contributed by atoms with van der Waals surface area (Å²) in [5.74, 6) is 0.812. The van der Waals surface area contributed by atoms with E-state index in [2.05, 4.69) is 0 Å². The second-order valence-electron chi connectivity index (χ2n) is 2.54. The van der Waals surface area contributed by atoms with Gasteiger partial charge in [-0.1, -0.05) is 0 Å². The van der Waals surface area contributed by atoms with E-state index in [-0.39, 0.29) is 5.56 Å². The van der Waals surface area contributed by atoms with Crippen LogP contribution in [0.2, 0.25) is 0 Å². The molecule has 0 aliphatic heterocycles. The summed E-state index contributed by atoms with van der Waals surface area (Å²) in [6, 6.07) is 2.66. The average Bonchev–Trinajstić information content (AvgIpc) is 2.16. The number of ether oxygens (including phenoxy) is 2. The summed E-state index contributed by atoms with van der Waals surface area (Å²) in [6.07, 6.45) is -2.50. The maximum Gasteiger partial charge on any atom is 0.264 e. The lowest BCUT2D eigenvalue weighted by Gasteiger charge is -2.11. The third-order valence-corrected chi connectivity index (χ3v) is 2.51. The fourth-order valence-electron chi connectivity index (χ4n) is 1.06. The molecule has 0 atom stereocenters. The van der Waals surface area contributed by atoms with Crippen LogP contribution >= 0.6 is 22.6 Å². The quantitative estimate of drug-likeness (QED) is 0.798. The highest BCUT2D eigenvalue weighted by Crippen LogP contribution is 2.36. The van der Waals surface area contributed by atoms with Crippen molar-refractivity contribution in [3.63, 3.8) is 0 Å². The molecule has 1 rings (SSSR count). The Hall–Kier alpha value is -0.590. The molecule has 78 valence electrons. The second kappa shape index (κ2) is 4.77. The number of hydrogen-bond donors (Lipinski definition) is 0. The van der Waals surface area contributed by atoms with E-state index in [0.717, 1.165) is 0 Å². The number of benzene rings is 1. The minimum atomic E-state index is -2.50. The zero-order valence-electron chi connectivity index (χ0n) is 7.68. The van der Waals surface area contributed by atoms with Gasteiger partial charge in [-0.25, -0.2) is 8.78 Å². The zero-order valence-corrected chi connectivity index (χ0v) is 9.84. The Kier molecular flexibility index (Phi) is 3.91. The highest BCUT2D eigenvalue weighted by molar-refractivity contribution is 14.1. The monoisotopic (exact) mass is 314 g/mol. The highest BCUT2D eigenvalue weighted by Gasteiger charge is 2.15. The summed E-state index contributed by atoms with van der Waals surface area (Å²) in [5, 5.41) is 0. The van der Waals surface area contributed by atoms with Crippen molar-refractivity contribution in [3.8, 4) is 11.5 Å². The van der Waals surface area contributed by atoms with Crippen LogP contribution in [0.5, 0.6) is 11.5 Å². The Morgan fingerprint density at radius 1 is 1.21 bits per heavy atom. The maximum atomic E-state index is 12.4. The lowest BCUT2D eigenvalue weighted by Crippen LogP contribution is -1.96. The Bertz CT molecular complexity index is 329. The molecule has 2 nitrogen and oxygen atoms in total. The van der Waals surface area contributed by atoms with Crippen molar-refractivity contribution in [3.05, 3.63) is 21.3 Å². The van der Waals surface area contributed by atoms with E-state index in [1.54, 1.807) is 0 Å². The molecule has 0 amide bonds. The summed E-state index contributed by atoms with van der Waals surface area (Å²) >= 11 is 1.93. The number of methoxy groups -OCH3 is 2. The molecule has 0 heterocycles. The minimum absolute atomic E-state index is 0.0629. The normalized spacial score (nSPS) is 10.4. The first-order valence-electron chi connectivity index (χ1n) is 3.79. The van der Waals surface area contributed by atoms with Gasteiger partial charge in [0.05, 0.1) is 17.8 Å². The molecule has 0 fully saturated rings. The van der Waals surface area contributed by atoms with Gasteiger partial charge in [0, 0.05) is 5.56 Å². The van der Waals surface area contributed by atoms with Gasteiger partial charge in [-0.3, -0.25) is 0 Å². The molecule has 0 spiro atoms. The number of rotatable bonds is 3. The molecule has 0 N–H and O–H groups in total. The van der Waals surface area contributed by atoms with Crippen LogP contribution in [0.4, 0.5) is 8.78 Å². The molecule has 14 heavy (non-hydrogen) atoms. The summed E-state index contributed by atoms with van der Waals surface area (Å²) in [7, 11) is 2.89. The van der Waals surface area contributed by atoms with Gasteiger partial charge in [-0.2, -0.15) is 0 Å². The third kappa shape index (κ3) is 2.26. The molecule has 0 saturated carbocycles. The Labute approximate surface area is 94.3 Å². The SMILES string of the molecule is COc1cc(C(F)F)cc(I)c1OC. The highest BCUT2D eigenvalue weighted by atomic mass is 127. The molecule has 0 aliphatic carbocycles. The van der Waals surface area contributed by atoms with Crippen LogP contribution in [0.3, 0.4) is 0 Å². The Balaban J connectivity index is 3.24. The molecule has 1 aromatic carbocycles. The van der Waals surface area contributed by atoms with Gasteiger partial charge in [0.15, 0.2) is 11.5 Å². The lowest BCUT2D eigenvalue weighted by molar-refractivity contribution is 0.150. The summed E-state index contributed by atoms with van der Waals surface area (Å²) in [4.78, 5) is 0. The molecule has 0 bridgehead atoms. The molecule has 5 heteroatoms. The molecular weight excluding hydrogens is 305 g/mol. The fourth-order valence-corrected chi connectivity index (χ4v) is 1.91. The van der Waals surface area contributed by atoms with E-state index in [4.69, 9.17) is 9.47 Å². The van der Waals surface area contributed by atoms with Crippen LogP contribution in [0, 0.1) is 3.57 Å². The third-order valence-electron chi connectivity index (χ3n) is 1.71. The van der Waals surface area contributed by atoms with Gasteiger partial charge in [0.2, 0.25) is 0 Å². The zero-order chi connectivity index (χ0) is 10.7. The lowest BCUT2D eigenvalue weighted by atomic mass is 10.2. The largest absolute Gasteiger partial charge is 0.493 e. The van der Waals surface area contributed by atoms with E-state index in [1.807, 2.05) is 22.6 Å². The van der Waals surface area contributed by atoms with Crippen molar-refractivity contribution >= 4 is 22.6 Å². The fraction of sp³-hybridized carbons (Fsp3) is 0.333. The van der Waals surface area contributed by atoms with E-state index < -0.39 is 6.43 Å². The van der Waals surface area contributed by atoms with Gasteiger partial charge in [-0.05, 0) is 34.7 Å². The maximum absolute atomic E-state index is 12.4. The van der Waals surface area contributed by atoms with Gasteiger partial charge < -0.3 is 9.47 Å². The van der Waals surface area contributed by atoms with Crippen molar-refractivity contribution in [2.24, 2.45) is 0 Å². The van der Waals surface area contributed by atoms with Crippen LogP contribution in [-0.2, 0) is 0 Å². The number of hydrogen-bond acceptors (Lipinski definition) is 2. The van der Waals surface area contributed by atoms with Crippen molar-refractivity contribution in [1.29, 1.82) is 0 Å². The van der Waals surface area contributed by atoms with Crippen molar-refractivity contribution < 1.29 is 18.3 Å². The second-order valence-corrected chi connectivity index (χ2v) is 3.70. The topological polar surface area (TPSA) is 18.5 Å². The standard InChI is InChI=1S/C9H9F2IO2/c1-13-7-4-5(9(10)11)3-6(12)8(7)14-2/h3-4,9H,1-2H3. The van der Waals surface area contributed by atoms with Crippen molar-refractivity contribution in [1.82, 2.24) is 0 Å². The molecule has 0 aromatic heterocycles. The van der Waals surface area contributed by atoms with Gasteiger partial charge in [-0.15, -0.1) is 0 Å². The van der Waals surface area contributed by atoms with Crippen molar-refractivity contribution in [2.45, 2.75) is 6.43 Å². The van der Waals surface area contributed by atoms with Gasteiger partial charge in [0.1, 0.15) is 0 Å². The Morgan fingerprint density at radius 2 is 1.86 bits per heavy atom. The van der Waals surface area contributed by atoms with E-state index in [1.165, 1.54) is 26.4 Å². The van der Waals surface area contributed by atoms with Crippen LogP contribution in [0.1, 0.15) is 12.0 Å². The molecule has 0 aliphatic rings. The predicted octanol–water partition coefficient (Wildman–Crippen LogP) is 3.25. The predicted molar refractivity (Wildman–Crippen MR) is 57.2 cm³/mol. The number of halogens is 3. The first kappa shape index (κ1) is 11.5. The van der Waals surface area contributed by atoms with Crippen molar-refractivity contribution in [2.75, 3.05) is 14.2 Å². The van der Waals surface area contributed by atoms with Crippen LogP contribution in [0.15, 0.2) is 12.1 Å². The minimum Gasteiger partial charge on any atom is -0.493 e. The number of alkyl halides is 2. The molecule has 1 aromatic rings. The van der Waals surface area contributed by atoms with Crippen LogP contribution in [0.25, 0.3) is 0 Å². The summed E-state index contributed by atoms with van der Waals surface area (Å²) < 4.78 is 35.4. The summed E-state index contributed by atoms with van der Waals surface area (Å²) in [6.45, 7) is 0. The first-order chi connectivity index (χ1) is 6.60. The van der Waals surface area contributed by atoms with Crippen LogP contribution < -0.4 is 9.47 Å². The van der Waals surface area contributed by atoms with Gasteiger partial charge in [0.25, 0.3) is 6.43 Å². The van der Waals surface area contributed by atoms with Gasteiger partial charge >= 0.3 is 0 Å². The Morgan fingerprint density at radius 3 is 2.29 bits per heavy atom. The van der Waals surface area contributed by atoms with E-state index >= 15 is 0 Å². The smallest absolute Gasteiger partial charge is 0.264 e. The average molecular weight is 314 g/mol. The molecular formula is C9H9F2IO2. The van der Waals surface area contributed by atoms with E-state index in [0.29, 0.717) is 15.1 Å².